The lowest BCUT2D eigenvalue weighted by molar-refractivity contribution is -0.00546. The highest BCUT2D eigenvalue weighted by molar-refractivity contribution is 6.03. The highest BCUT2D eigenvalue weighted by Crippen LogP contribution is 2.19. The van der Waals surface area contributed by atoms with Gasteiger partial charge in [-0.05, 0) is 31.5 Å². The second-order valence-electron chi connectivity index (χ2n) is 7.38. The van der Waals surface area contributed by atoms with E-state index in [2.05, 4.69) is 34.1 Å². The standard InChI is InChI=1S/C22H25N5O2/c1-16-13-26(14-17(2)29-16)20-9-8-19(12-23-20)22(28)25-21-10-11-24-27(21)15-18-6-4-3-5-7-18/h3-12,16-17H,13-15H2,1-2H3,(H,25,28)/t16-,17-/m0/s1. The maximum Gasteiger partial charge on any atom is 0.258 e. The van der Waals surface area contributed by atoms with Crippen molar-refractivity contribution in [2.75, 3.05) is 23.3 Å². The largest absolute Gasteiger partial charge is 0.372 e. The molecule has 0 unspecified atom stereocenters. The Kier molecular flexibility index (Phi) is 5.57. The predicted octanol–water partition coefficient (Wildman–Crippen LogP) is 3.19. The summed E-state index contributed by atoms with van der Waals surface area (Å²) in [5, 5.41) is 7.24. The fourth-order valence-corrected chi connectivity index (χ4v) is 3.58. The van der Waals surface area contributed by atoms with Gasteiger partial charge in [-0.25, -0.2) is 9.67 Å². The van der Waals surface area contributed by atoms with Crippen molar-refractivity contribution in [2.45, 2.75) is 32.6 Å². The highest BCUT2D eigenvalue weighted by atomic mass is 16.5. The SMILES string of the molecule is C[C@H]1CN(c2ccc(C(=O)Nc3ccnn3Cc3ccccc3)cn2)C[C@H](C)O1. The Labute approximate surface area is 170 Å². The summed E-state index contributed by atoms with van der Waals surface area (Å²) in [6.07, 6.45) is 3.62. The van der Waals surface area contributed by atoms with Crippen molar-refractivity contribution in [3.8, 4) is 0 Å². The number of pyridine rings is 1. The van der Waals surface area contributed by atoms with Gasteiger partial charge in [-0.2, -0.15) is 5.10 Å². The number of nitrogens with one attached hydrogen (secondary N) is 1. The van der Waals surface area contributed by atoms with E-state index in [0.717, 1.165) is 24.5 Å². The number of morpholine rings is 1. The Hall–Kier alpha value is -3.19. The monoisotopic (exact) mass is 391 g/mol. The lowest BCUT2D eigenvalue weighted by Gasteiger charge is -2.36. The summed E-state index contributed by atoms with van der Waals surface area (Å²) < 4.78 is 7.54. The van der Waals surface area contributed by atoms with Crippen LogP contribution in [0.25, 0.3) is 0 Å². The van der Waals surface area contributed by atoms with E-state index in [1.807, 2.05) is 36.4 Å². The van der Waals surface area contributed by atoms with Gasteiger partial charge in [-0.15, -0.1) is 0 Å². The Bertz CT molecular complexity index is 945. The number of benzene rings is 1. The van der Waals surface area contributed by atoms with E-state index in [0.29, 0.717) is 17.9 Å². The van der Waals surface area contributed by atoms with Crippen LogP contribution in [0.2, 0.25) is 0 Å². The van der Waals surface area contributed by atoms with Crippen LogP contribution in [-0.2, 0) is 11.3 Å². The lowest BCUT2D eigenvalue weighted by Crippen LogP contribution is -2.45. The van der Waals surface area contributed by atoms with Gasteiger partial charge in [0.15, 0.2) is 0 Å². The minimum atomic E-state index is -0.206. The molecule has 3 aromatic rings. The van der Waals surface area contributed by atoms with E-state index in [4.69, 9.17) is 4.74 Å². The molecule has 0 spiro atoms. The van der Waals surface area contributed by atoms with Crippen molar-refractivity contribution in [2.24, 2.45) is 0 Å². The molecule has 4 rings (SSSR count). The molecule has 1 N–H and O–H groups in total. The first-order valence-electron chi connectivity index (χ1n) is 9.82. The van der Waals surface area contributed by atoms with Crippen LogP contribution in [0.3, 0.4) is 0 Å². The maximum absolute atomic E-state index is 12.7. The predicted molar refractivity (Wildman–Crippen MR) is 112 cm³/mol. The third-order valence-corrected chi connectivity index (χ3v) is 4.89. The third kappa shape index (κ3) is 4.63. The van der Waals surface area contributed by atoms with E-state index < -0.39 is 0 Å². The van der Waals surface area contributed by atoms with E-state index in [1.165, 1.54) is 0 Å². The Morgan fingerprint density at radius 1 is 1.10 bits per heavy atom. The van der Waals surface area contributed by atoms with Gasteiger partial charge in [0.2, 0.25) is 0 Å². The summed E-state index contributed by atoms with van der Waals surface area (Å²) >= 11 is 0. The summed E-state index contributed by atoms with van der Waals surface area (Å²) in [5.41, 5.74) is 1.63. The number of ether oxygens (including phenoxy) is 1. The average molecular weight is 391 g/mol. The first-order valence-corrected chi connectivity index (χ1v) is 9.82. The van der Waals surface area contributed by atoms with E-state index in [9.17, 15) is 4.79 Å². The van der Waals surface area contributed by atoms with Crippen LogP contribution < -0.4 is 10.2 Å². The molecule has 1 aliphatic rings. The summed E-state index contributed by atoms with van der Waals surface area (Å²) in [6, 6.07) is 15.5. The van der Waals surface area contributed by atoms with Crippen molar-refractivity contribution in [3.05, 3.63) is 72.1 Å². The molecule has 2 aromatic heterocycles. The number of amides is 1. The lowest BCUT2D eigenvalue weighted by atomic mass is 10.2. The van der Waals surface area contributed by atoms with Gasteiger partial charge in [-0.1, -0.05) is 30.3 Å². The van der Waals surface area contributed by atoms with Crippen LogP contribution >= 0.6 is 0 Å². The summed E-state index contributed by atoms with van der Waals surface area (Å²) in [5.74, 6) is 1.30. The first kappa shape index (κ1) is 19.1. The van der Waals surface area contributed by atoms with Crippen molar-refractivity contribution in [1.82, 2.24) is 14.8 Å². The van der Waals surface area contributed by atoms with Crippen LogP contribution in [0, 0.1) is 0 Å². The number of hydrogen-bond donors (Lipinski definition) is 1. The molecule has 1 aliphatic heterocycles. The van der Waals surface area contributed by atoms with Crippen LogP contribution in [0.15, 0.2) is 60.9 Å². The zero-order valence-electron chi connectivity index (χ0n) is 16.7. The fourth-order valence-electron chi connectivity index (χ4n) is 3.58. The summed E-state index contributed by atoms with van der Waals surface area (Å²) in [4.78, 5) is 19.4. The molecular weight excluding hydrogens is 366 g/mol. The normalized spacial score (nSPS) is 19.2. The molecule has 1 saturated heterocycles. The third-order valence-electron chi connectivity index (χ3n) is 4.89. The van der Waals surface area contributed by atoms with Crippen LogP contribution in [-0.4, -0.2) is 46.0 Å². The molecule has 2 atom stereocenters. The highest BCUT2D eigenvalue weighted by Gasteiger charge is 2.23. The number of nitrogens with zero attached hydrogens (tertiary/aromatic N) is 4. The van der Waals surface area contributed by atoms with Crippen LogP contribution in [0.1, 0.15) is 29.8 Å². The van der Waals surface area contributed by atoms with Gasteiger partial charge in [0.1, 0.15) is 11.6 Å². The van der Waals surface area contributed by atoms with Crippen molar-refractivity contribution < 1.29 is 9.53 Å². The molecule has 29 heavy (non-hydrogen) atoms. The Morgan fingerprint density at radius 3 is 2.55 bits per heavy atom. The van der Waals surface area contributed by atoms with E-state index in [1.54, 1.807) is 29.2 Å². The molecule has 150 valence electrons. The molecule has 1 fully saturated rings. The second kappa shape index (κ2) is 8.45. The number of rotatable bonds is 5. The van der Waals surface area contributed by atoms with Gasteiger partial charge < -0.3 is 15.0 Å². The molecule has 7 nitrogen and oxygen atoms in total. The van der Waals surface area contributed by atoms with Gasteiger partial charge in [0.25, 0.3) is 5.91 Å². The fraction of sp³-hybridized carbons (Fsp3) is 0.318. The smallest absolute Gasteiger partial charge is 0.258 e. The van der Waals surface area contributed by atoms with E-state index in [-0.39, 0.29) is 18.1 Å². The molecule has 0 bridgehead atoms. The maximum atomic E-state index is 12.7. The number of carbonyl (C=O) groups is 1. The quantitative estimate of drug-likeness (QED) is 0.723. The van der Waals surface area contributed by atoms with Gasteiger partial charge in [0.05, 0.1) is 30.5 Å². The van der Waals surface area contributed by atoms with Gasteiger partial charge in [0, 0.05) is 25.4 Å². The molecule has 1 amide bonds. The molecule has 0 saturated carbocycles. The molecular formula is C22H25N5O2. The Balaban J connectivity index is 1.42. The molecule has 0 aliphatic carbocycles. The topological polar surface area (TPSA) is 72.3 Å². The molecule has 7 heteroatoms. The Morgan fingerprint density at radius 2 is 1.86 bits per heavy atom. The van der Waals surface area contributed by atoms with Gasteiger partial charge >= 0.3 is 0 Å². The molecule has 1 aromatic carbocycles. The van der Waals surface area contributed by atoms with Crippen LogP contribution in [0.4, 0.5) is 11.6 Å². The first-order chi connectivity index (χ1) is 14.1. The zero-order valence-corrected chi connectivity index (χ0v) is 16.7. The van der Waals surface area contributed by atoms with E-state index >= 15 is 0 Å². The summed E-state index contributed by atoms with van der Waals surface area (Å²) in [7, 11) is 0. The number of carbonyl (C=O) groups excluding carboxylic acids is 1. The number of hydrogen-bond acceptors (Lipinski definition) is 5. The second-order valence-corrected chi connectivity index (χ2v) is 7.38. The molecule has 3 heterocycles. The van der Waals surface area contributed by atoms with Crippen molar-refractivity contribution in [1.29, 1.82) is 0 Å². The van der Waals surface area contributed by atoms with Crippen LogP contribution in [0.5, 0.6) is 0 Å². The number of anilines is 2. The summed E-state index contributed by atoms with van der Waals surface area (Å²) in [6.45, 7) is 6.29. The van der Waals surface area contributed by atoms with Crippen molar-refractivity contribution in [3.63, 3.8) is 0 Å². The minimum Gasteiger partial charge on any atom is -0.372 e. The van der Waals surface area contributed by atoms with Crippen molar-refractivity contribution >= 4 is 17.5 Å². The number of aromatic nitrogens is 3. The van der Waals surface area contributed by atoms with Gasteiger partial charge in [-0.3, -0.25) is 4.79 Å². The zero-order chi connectivity index (χ0) is 20.2. The minimum absolute atomic E-state index is 0.161. The average Bonchev–Trinajstić information content (AvgIpc) is 3.14. The molecule has 0 radical (unpaired) electrons.